The third kappa shape index (κ3) is 3.05. The Labute approximate surface area is 138 Å². The van der Waals surface area contributed by atoms with Crippen molar-refractivity contribution in [2.24, 2.45) is 0 Å². The molecule has 1 N–H and O–H groups in total. The number of carbonyl (C=O) groups is 1. The van der Waals surface area contributed by atoms with E-state index in [2.05, 4.69) is 20.4 Å². The summed E-state index contributed by atoms with van der Waals surface area (Å²) in [5.41, 5.74) is 2.24. The Morgan fingerprint density at radius 1 is 1.33 bits per heavy atom. The molecule has 1 saturated carbocycles. The molecule has 7 heteroatoms. The van der Waals surface area contributed by atoms with Crippen molar-refractivity contribution in [1.29, 1.82) is 0 Å². The van der Waals surface area contributed by atoms with Gasteiger partial charge in [0.05, 0.1) is 6.54 Å². The first-order chi connectivity index (χ1) is 11.7. The Hall–Kier alpha value is -2.96. The number of nitrogens with zero attached hydrogens (tertiary/aromatic N) is 3. The molecule has 2 aromatic heterocycles. The first kappa shape index (κ1) is 14.6. The quantitative estimate of drug-likeness (QED) is 0.775. The van der Waals surface area contributed by atoms with Gasteiger partial charge in [0.25, 0.3) is 11.8 Å². The van der Waals surface area contributed by atoms with E-state index in [1.807, 2.05) is 31.2 Å². The average Bonchev–Trinajstić information content (AvgIpc) is 3.13. The zero-order valence-corrected chi connectivity index (χ0v) is 13.2. The van der Waals surface area contributed by atoms with Crippen molar-refractivity contribution in [3.8, 4) is 11.5 Å². The lowest BCUT2D eigenvalue weighted by Gasteiger charge is -1.97. The monoisotopic (exact) mass is 324 g/mol. The smallest absolute Gasteiger partial charge is 0.273 e. The van der Waals surface area contributed by atoms with Gasteiger partial charge in [-0.15, -0.1) is 0 Å². The molecule has 1 aliphatic rings. The number of oxazole rings is 1. The Kier molecular flexibility index (Phi) is 3.60. The van der Waals surface area contributed by atoms with Crippen LogP contribution in [-0.4, -0.2) is 21.0 Å². The van der Waals surface area contributed by atoms with Crippen LogP contribution in [-0.2, 0) is 6.54 Å². The van der Waals surface area contributed by atoms with Crippen LogP contribution in [0, 0.1) is 6.92 Å². The van der Waals surface area contributed by atoms with Gasteiger partial charge in [-0.1, -0.05) is 22.9 Å². The summed E-state index contributed by atoms with van der Waals surface area (Å²) in [7, 11) is 0. The number of rotatable bonds is 5. The van der Waals surface area contributed by atoms with Crippen LogP contribution in [0.5, 0.6) is 0 Å². The molecule has 0 radical (unpaired) electrons. The fourth-order valence-electron chi connectivity index (χ4n) is 2.38. The summed E-state index contributed by atoms with van der Waals surface area (Å²) in [6, 6.07) is 7.79. The van der Waals surface area contributed by atoms with E-state index in [9.17, 15) is 4.79 Å². The molecule has 1 aliphatic carbocycles. The second-order valence-corrected chi connectivity index (χ2v) is 5.91. The molecule has 1 fully saturated rings. The normalized spacial score (nSPS) is 13.9. The lowest BCUT2D eigenvalue weighted by Crippen LogP contribution is -2.23. The molecule has 4 rings (SSSR count). The molecule has 2 heterocycles. The molecule has 24 heavy (non-hydrogen) atoms. The lowest BCUT2D eigenvalue weighted by molar-refractivity contribution is 0.0944. The zero-order valence-electron chi connectivity index (χ0n) is 13.2. The van der Waals surface area contributed by atoms with Gasteiger partial charge in [-0.05, 0) is 31.9 Å². The largest absolute Gasteiger partial charge is 0.448 e. The molecule has 122 valence electrons. The Bertz CT molecular complexity index is 879. The van der Waals surface area contributed by atoms with Gasteiger partial charge in [-0.3, -0.25) is 4.79 Å². The average molecular weight is 324 g/mol. The van der Waals surface area contributed by atoms with E-state index in [0.717, 1.165) is 24.0 Å². The number of hydrogen-bond acceptors (Lipinski definition) is 6. The molecule has 0 bridgehead atoms. The number of aromatic nitrogens is 3. The second kappa shape index (κ2) is 5.92. The van der Waals surface area contributed by atoms with Gasteiger partial charge < -0.3 is 14.3 Å². The van der Waals surface area contributed by atoms with Crippen molar-refractivity contribution in [1.82, 2.24) is 20.4 Å². The first-order valence-electron chi connectivity index (χ1n) is 7.82. The van der Waals surface area contributed by atoms with Crippen LogP contribution in [0.4, 0.5) is 0 Å². The molecule has 7 nitrogen and oxygen atoms in total. The van der Waals surface area contributed by atoms with E-state index >= 15 is 0 Å². The minimum absolute atomic E-state index is 0.166. The summed E-state index contributed by atoms with van der Waals surface area (Å²) in [6.07, 6.45) is 3.54. The van der Waals surface area contributed by atoms with Crippen LogP contribution in [0.3, 0.4) is 0 Å². The summed E-state index contributed by atoms with van der Waals surface area (Å²) in [6.45, 7) is 2.16. The number of nitrogens with one attached hydrogen (secondary N) is 1. The molecule has 1 amide bonds. The molecular weight excluding hydrogens is 308 g/mol. The topological polar surface area (TPSA) is 94.1 Å². The van der Waals surface area contributed by atoms with Gasteiger partial charge >= 0.3 is 0 Å². The van der Waals surface area contributed by atoms with Crippen molar-refractivity contribution in [3.63, 3.8) is 0 Å². The third-order valence-electron chi connectivity index (χ3n) is 3.82. The van der Waals surface area contributed by atoms with Crippen molar-refractivity contribution in [3.05, 3.63) is 53.5 Å². The van der Waals surface area contributed by atoms with E-state index in [0.29, 0.717) is 23.5 Å². The minimum Gasteiger partial charge on any atom is -0.448 e. The zero-order chi connectivity index (χ0) is 16.5. The Balaban J connectivity index is 1.39. The highest BCUT2D eigenvalue weighted by molar-refractivity contribution is 5.91. The summed E-state index contributed by atoms with van der Waals surface area (Å²) >= 11 is 0. The van der Waals surface area contributed by atoms with Crippen LogP contribution in [0.15, 0.2) is 39.5 Å². The Morgan fingerprint density at radius 3 is 3.00 bits per heavy atom. The van der Waals surface area contributed by atoms with E-state index in [4.69, 9.17) is 8.94 Å². The first-order valence-corrected chi connectivity index (χ1v) is 7.82. The van der Waals surface area contributed by atoms with E-state index in [-0.39, 0.29) is 18.1 Å². The Morgan fingerprint density at radius 2 is 2.21 bits per heavy atom. The molecule has 3 aromatic rings. The van der Waals surface area contributed by atoms with Crippen LogP contribution in [0.1, 0.15) is 46.5 Å². The predicted octanol–water partition coefficient (Wildman–Crippen LogP) is 2.84. The standard InChI is InChI=1S/C17H16N4O3/c1-10-3-2-4-12(7-10)17-20-14(21-24-17)8-18-15(22)13-9-23-16(19-13)11-5-6-11/h2-4,7,9,11H,5-6,8H2,1H3,(H,18,22). The van der Waals surface area contributed by atoms with Crippen LogP contribution in [0.25, 0.3) is 11.5 Å². The highest BCUT2D eigenvalue weighted by atomic mass is 16.5. The van der Waals surface area contributed by atoms with Crippen LogP contribution < -0.4 is 5.32 Å². The van der Waals surface area contributed by atoms with Gasteiger partial charge in [0, 0.05) is 11.5 Å². The molecule has 1 aromatic carbocycles. The van der Waals surface area contributed by atoms with Gasteiger partial charge in [-0.2, -0.15) is 4.98 Å². The number of hydrogen-bond donors (Lipinski definition) is 1. The maximum atomic E-state index is 12.1. The van der Waals surface area contributed by atoms with E-state index in [1.54, 1.807) is 0 Å². The highest BCUT2D eigenvalue weighted by Gasteiger charge is 2.29. The van der Waals surface area contributed by atoms with E-state index in [1.165, 1.54) is 6.26 Å². The van der Waals surface area contributed by atoms with Gasteiger partial charge in [0.15, 0.2) is 17.4 Å². The van der Waals surface area contributed by atoms with Crippen LogP contribution >= 0.6 is 0 Å². The molecule has 0 saturated heterocycles. The molecule has 0 atom stereocenters. The predicted molar refractivity (Wildman–Crippen MR) is 84.1 cm³/mol. The fourth-order valence-corrected chi connectivity index (χ4v) is 2.38. The maximum absolute atomic E-state index is 12.1. The highest BCUT2D eigenvalue weighted by Crippen LogP contribution is 2.39. The number of benzene rings is 1. The molecular formula is C17H16N4O3. The van der Waals surface area contributed by atoms with Gasteiger partial charge in [-0.25, -0.2) is 4.98 Å². The van der Waals surface area contributed by atoms with Gasteiger partial charge in [0.2, 0.25) is 0 Å². The SMILES string of the molecule is Cc1cccc(-c2nc(CNC(=O)c3coc(C4CC4)n3)no2)c1. The molecule has 0 aliphatic heterocycles. The van der Waals surface area contributed by atoms with E-state index < -0.39 is 0 Å². The summed E-state index contributed by atoms with van der Waals surface area (Å²) in [4.78, 5) is 20.6. The number of amides is 1. The van der Waals surface area contributed by atoms with Crippen molar-refractivity contribution < 1.29 is 13.7 Å². The number of aryl methyl sites for hydroxylation is 1. The summed E-state index contributed by atoms with van der Waals surface area (Å²) in [5.74, 6) is 1.54. The van der Waals surface area contributed by atoms with Crippen molar-refractivity contribution in [2.45, 2.75) is 32.2 Å². The molecule has 0 spiro atoms. The van der Waals surface area contributed by atoms with Crippen LogP contribution in [0.2, 0.25) is 0 Å². The number of carbonyl (C=O) groups excluding carboxylic acids is 1. The van der Waals surface area contributed by atoms with Gasteiger partial charge in [0.1, 0.15) is 6.26 Å². The molecule has 0 unspecified atom stereocenters. The van der Waals surface area contributed by atoms with Crippen molar-refractivity contribution in [2.75, 3.05) is 0 Å². The maximum Gasteiger partial charge on any atom is 0.273 e. The summed E-state index contributed by atoms with van der Waals surface area (Å²) in [5, 5.41) is 6.60. The fraction of sp³-hybridized carbons (Fsp3) is 0.294. The summed E-state index contributed by atoms with van der Waals surface area (Å²) < 4.78 is 10.6. The second-order valence-electron chi connectivity index (χ2n) is 5.91. The minimum atomic E-state index is -0.312. The van der Waals surface area contributed by atoms with Crippen molar-refractivity contribution >= 4 is 5.91 Å². The lowest BCUT2D eigenvalue weighted by atomic mass is 10.1. The third-order valence-corrected chi connectivity index (χ3v) is 3.82.